The first-order valence-corrected chi connectivity index (χ1v) is 7.25. The molecule has 2 heterocycles. The number of rotatable bonds is 7. The first-order valence-electron chi connectivity index (χ1n) is 7.25. The van der Waals surface area contributed by atoms with Crippen LogP contribution in [-0.2, 0) is 16.0 Å². The van der Waals surface area contributed by atoms with Gasteiger partial charge in [0, 0.05) is 39.2 Å². The second-order valence-corrected chi connectivity index (χ2v) is 5.06. The van der Waals surface area contributed by atoms with Gasteiger partial charge in [0.1, 0.15) is 12.0 Å². The highest BCUT2D eigenvalue weighted by Gasteiger charge is 2.24. The largest absolute Gasteiger partial charge is 0.382 e. The zero-order valence-electron chi connectivity index (χ0n) is 13.2. The molecule has 8 heteroatoms. The summed E-state index contributed by atoms with van der Waals surface area (Å²) in [6, 6.07) is 1.84. The number of methoxy groups -OCH3 is 1. The molecule has 1 saturated heterocycles. The van der Waals surface area contributed by atoms with Gasteiger partial charge in [-0.15, -0.1) is 24.0 Å². The highest BCUT2D eigenvalue weighted by atomic mass is 127. The van der Waals surface area contributed by atoms with Gasteiger partial charge in [-0.2, -0.15) is 0 Å². The molecule has 1 unspecified atom stereocenters. The van der Waals surface area contributed by atoms with Crippen LogP contribution in [0.2, 0.25) is 0 Å². The molecule has 0 spiro atoms. The minimum Gasteiger partial charge on any atom is -0.382 e. The van der Waals surface area contributed by atoms with Gasteiger partial charge in [0.25, 0.3) is 0 Å². The second-order valence-electron chi connectivity index (χ2n) is 5.06. The number of ether oxygens (including phenoxy) is 2. The number of halogens is 1. The smallest absolute Gasteiger partial charge is 0.193 e. The van der Waals surface area contributed by atoms with Crippen molar-refractivity contribution in [1.82, 2.24) is 15.4 Å². The van der Waals surface area contributed by atoms with E-state index in [4.69, 9.17) is 14.0 Å². The monoisotopic (exact) mass is 424 g/mol. The molecule has 1 aliphatic heterocycles. The van der Waals surface area contributed by atoms with Crippen LogP contribution in [0.4, 0.5) is 0 Å². The Hall–Kier alpha value is -0.870. The van der Waals surface area contributed by atoms with Crippen molar-refractivity contribution < 1.29 is 14.0 Å². The Balaban J connectivity index is 0.00000242. The standard InChI is InChI=1S/C14H24N4O3.HI/c1-15-14(16-9-13-4-6-21-17-13)18-5-3-12(10-18)11-20-8-7-19-2;/h4,6,12H,3,5,7-11H2,1-2H3,(H,15,16);1H. The van der Waals surface area contributed by atoms with Crippen LogP contribution in [-0.4, -0.2) is 63.1 Å². The Kier molecular flexibility index (Phi) is 9.41. The number of guanidine groups is 1. The van der Waals surface area contributed by atoms with E-state index in [2.05, 4.69) is 20.4 Å². The molecule has 0 amide bonds. The lowest BCUT2D eigenvalue weighted by atomic mass is 10.1. The van der Waals surface area contributed by atoms with E-state index in [1.54, 1.807) is 20.4 Å². The van der Waals surface area contributed by atoms with Crippen LogP contribution >= 0.6 is 24.0 Å². The van der Waals surface area contributed by atoms with Gasteiger partial charge in [-0.3, -0.25) is 4.99 Å². The van der Waals surface area contributed by atoms with Gasteiger partial charge < -0.3 is 24.2 Å². The third-order valence-electron chi connectivity index (χ3n) is 3.50. The Morgan fingerprint density at radius 2 is 2.41 bits per heavy atom. The first kappa shape index (κ1) is 19.2. The maximum Gasteiger partial charge on any atom is 0.193 e. The van der Waals surface area contributed by atoms with Crippen molar-refractivity contribution in [3.63, 3.8) is 0 Å². The summed E-state index contributed by atoms with van der Waals surface area (Å²) in [6.07, 6.45) is 2.70. The maximum atomic E-state index is 5.60. The Morgan fingerprint density at radius 3 is 3.09 bits per heavy atom. The number of nitrogens with one attached hydrogen (secondary N) is 1. The van der Waals surface area contributed by atoms with Gasteiger partial charge in [-0.25, -0.2) is 0 Å². The van der Waals surface area contributed by atoms with Crippen molar-refractivity contribution in [3.05, 3.63) is 18.0 Å². The van der Waals surface area contributed by atoms with Crippen LogP contribution in [0.25, 0.3) is 0 Å². The van der Waals surface area contributed by atoms with Crippen LogP contribution in [0.1, 0.15) is 12.1 Å². The van der Waals surface area contributed by atoms with Crippen LogP contribution in [0.15, 0.2) is 21.8 Å². The quantitative estimate of drug-likeness (QED) is 0.309. The van der Waals surface area contributed by atoms with Crippen LogP contribution in [0, 0.1) is 5.92 Å². The average Bonchev–Trinajstić information content (AvgIpc) is 3.16. The third-order valence-corrected chi connectivity index (χ3v) is 3.50. The zero-order chi connectivity index (χ0) is 14.9. The summed E-state index contributed by atoms with van der Waals surface area (Å²) in [7, 11) is 3.48. The van der Waals surface area contributed by atoms with E-state index in [1.807, 2.05) is 6.07 Å². The summed E-state index contributed by atoms with van der Waals surface area (Å²) < 4.78 is 15.4. The molecule has 22 heavy (non-hydrogen) atoms. The summed E-state index contributed by atoms with van der Waals surface area (Å²) >= 11 is 0. The minimum absolute atomic E-state index is 0. The molecule has 1 N–H and O–H groups in total. The summed E-state index contributed by atoms with van der Waals surface area (Å²) in [5, 5.41) is 7.18. The van der Waals surface area contributed by atoms with Crippen molar-refractivity contribution in [2.24, 2.45) is 10.9 Å². The Bertz CT molecular complexity index is 428. The lowest BCUT2D eigenvalue weighted by Gasteiger charge is -2.21. The van der Waals surface area contributed by atoms with Crippen molar-refractivity contribution in [2.45, 2.75) is 13.0 Å². The predicted octanol–water partition coefficient (Wildman–Crippen LogP) is 1.35. The molecule has 0 saturated carbocycles. The Morgan fingerprint density at radius 1 is 1.55 bits per heavy atom. The van der Waals surface area contributed by atoms with E-state index in [0.717, 1.165) is 37.8 Å². The highest BCUT2D eigenvalue weighted by Crippen LogP contribution is 2.16. The molecule has 0 radical (unpaired) electrons. The van der Waals surface area contributed by atoms with Gasteiger partial charge in [-0.1, -0.05) is 5.16 Å². The molecule has 1 aromatic heterocycles. The van der Waals surface area contributed by atoms with E-state index >= 15 is 0 Å². The number of hydrogen-bond acceptors (Lipinski definition) is 5. The molecular weight excluding hydrogens is 399 g/mol. The average molecular weight is 424 g/mol. The summed E-state index contributed by atoms with van der Waals surface area (Å²) in [6.45, 7) is 4.67. The van der Waals surface area contributed by atoms with Gasteiger partial charge >= 0.3 is 0 Å². The van der Waals surface area contributed by atoms with Crippen LogP contribution < -0.4 is 5.32 Å². The minimum atomic E-state index is 0. The summed E-state index contributed by atoms with van der Waals surface area (Å²) in [5.74, 6) is 1.45. The molecular formula is C14H25IN4O3. The lowest BCUT2D eigenvalue weighted by molar-refractivity contribution is 0.0536. The molecule has 1 fully saturated rings. The molecule has 126 valence electrons. The van der Waals surface area contributed by atoms with Crippen molar-refractivity contribution in [1.29, 1.82) is 0 Å². The first-order chi connectivity index (χ1) is 10.3. The van der Waals surface area contributed by atoms with Crippen LogP contribution in [0.5, 0.6) is 0 Å². The number of aromatic nitrogens is 1. The number of hydrogen-bond donors (Lipinski definition) is 1. The fourth-order valence-corrected chi connectivity index (χ4v) is 2.38. The van der Waals surface area contributed by atoms with Crippen molar-refractivity contribution >= 4 is 29.9 Å². The molecule has 1 aromatic rings. The highest BCUT2D eigenvalue weighted by molar-refractivity contribution is 14.0. The van der Waals surface area contributed by atoms with Crippen LogP contribution in [0.3, 0.4) is 0 Å². The number of likely N-dealkylation sites (tertiary alicyclic amines) is 1. The molecule has 1 atom stereocenters. The van der Waals surface area contributed by atoms with Crippen molar-refractivity contribution in [3.8, 4) is 0 Å². The van der Waals surface area contributed by atoms with Crippen molar-refractivity contribution in [2.75, 3.05) is 47.1 Å². The fourth-order valence-electron chi connectivity index (χ4n) is 2.38. The molecule has 0 aliphatic carbocycles. The fraction of sp³-hybridized carbons (Fsp3) is 0.714. The third kappa shape index (κ3) is 6.09. The second kappa shape index (κ2) is 10.8. The van der Waals surface area contributed by atoms with E-state index in [-0.39, 0.29) is 24.0 Å². The molecule has 7 nitrogen and oxygen atoms in total. The van der Waals surface area contributed by atoms with Gasteiger partial charge in [0.2, 0.25) is 0 Å². The normalized spacial score (nSPS) is 18.4. The van der Waals surface area contributed by atoms with E-state index in [1.165, 1.54) is 0 Å². The summed E-state index contributed by atoms with van der Waals surface area (Å²) in [4.78, 5) is 6.58. The SMILES string of the molecule is CN=C(NCc1ccon1)N1CCC(COCCOC)C1.I. The van der Waals surface area contributed by atoms with Gasteiger partial charge in [0.05, 0.1) is 26.4 Å². The van der Waals surface area contributed by atoms with Gasteiger partial charge in [-0.05, 0) is 6.42 Å². The zero-order valence-corrected chi connectivity index (χ0v) is 15.5. The summed E-state index contributed by atoms with van der Waals surface area (Å²) in [5.41, 5.74) is 0.870. The molecule has 2 rings (SSSR count). The maximum absolute atomic E-state index is 5.60. The van der Waals surface area contributed by atoms with Gasteiger partial charge in [0.15, 0.2) is 5.96 Å². The molecule has 0 aromatic carbocycles. The van der Waals surface area contributed by atoms with E-state index in [0.29, 0.717) is 25.7 Å². The number of nitrogens with zero attached hydrogens (tertiary/aromatic N) is 3. The lowest BCUT2D eigenvalue weighted by Crippen LogP contribution is -2.39. The Labute approximate surface area is 148 Å². The molecule has 1 aliphatic rings. The van der Waals surface area contributed by atoms with E-state index in [9.17, 15) is 0 Å². The molecule has 0 bridgehead atoms. The number of aliphatic imine (C=N–C) groups is 1. The predicted molar refractivity (Wildman–Crippen MR) is 94.5 cm³/mol. The topological polar surface area (TPSA) is 72.1 Å². The van der Waals surface area contributed by atoms with E-state index < -0.39 is 0 Å².